The third-order valence-corrected chi connectivity index (χ3v) is 3.30. The first-order valence-corrected chi connectivity index (χ1v) is 5.68. The number of benzene rings is 2. The summed E-state index contributed by atoms with van der Waals surface area (Å²) in [7, 11) is 0. The molecular weight excluding hydrogens is 214 g/mol. The van der Waals surface area contributed by atoms with E-state index >= 15 is 0 Å². The Morgan fingerprint density at radius 3 is 2.56 bits per heavy atom. The molecule has 0 atom stereocenters. The van der Waals surface area contributed by atoms with Crippen molar-refractivity contribution in [3.63, 3.8) is 0 Å². The summed E-state index contributed by atoms with van der Waals surface area (Å²) >= 11 is 5.54. The molecule has 1 N–H and O–H groups in total. The number of aromatic amines is 1. The van der Waals surface area contributed by atoms with E-state index in [1.165, 1.54) is 5.56 Å². The molecule has 0 unspecified atom stereocenters. The summed E-state index contributed by atoms with van der Waals surface area (Å²) in [6.45, 7) is 2.09. The second-order valence-electron chi connectivity index (χ2n) is 4.05. The molecule has 0 bridgehead atoms. The fourth-order valence-corrected chi connectivity index (χ4v) is 2.38. The summed E-state index contributed by atoms with van der Waals surface area (Å²) in [6, 6.07) is 14.5. The minimum absolute atomic E-state index is 0.938. The zero-order valence-electron chi connectivity index (χ0n) is 8.95. The summed E-state index contributed by atoms with van der Waals surface area (Å²) in [5.41, 5.74) is 3.44. The lowest BCUT2D eigenvalue weighted by molar-refractivity contribution is 1.45. The molecule has 0 aliphatic rings. The van der Waals surface area contributed by atoms with Crippen LogP contribution in [0.15, 0.2) is 42.5 Å². The minimum atomic E-state index is 0.938. The van der Waals surface area contributed by atoms with Gasteiger partial charge in [0.15, 0.2) is 0 Å². The zero-order valence-corrected chi connectivity index (χ0v) is 9.77. The van der Waals surface area contributed by atoms with Crippen molar-refractivity contribution < 1.29 is 0 Å². The van der Waals surface area contributed by atoms with E-state index in [0.717, 1.165) is 26.3 Å². The highest BCUT2D eigenvalue weighted by molar-refractivity contribution is 7.72. The van der Waals surface area contributed by atoms with E-state index in [1.807, 2.05) is 12.1 Å². The quantitative estimate of drug-likeness (QED) is 0.444. The van der Waals surface area contributed by atoms with Gasteiger partial charge < -0.3 is 4.98 Å². The Labute approximate surface area is 98.7 Å². The number of aryl methyl sites for hydroxylation is 1. The van der Waals surface area contributed by atoms with E-state index in [4.69, 9.17) is 12.2 Å². The molecule has 1 aromatic heterocycles. The number of fused-ring (bicyclic) bond motifs is 2. The molecular formula is C14H11NS. The van der Waals surface area contributed by atoms with Gasteiger partial charge in [0.1, 0.15) is 0 Å². The number of pyridine rings is 1. The summed E-state index contributed by atoms with van der Waals surface area (Å²) in [5.74, 6) is 0. The van der Waals surface area contributed by atoms with Crippen molar-refractivity contribution in [2.24, 2.45) is 0 Å². The van der Waals surface area contributed by atoms with Crippen molar-refractivity contribution in [2.75, 3.05) is 0 Å². The molecule has 0 saturated carbocycles. The van der Waals surface area contributed by atoms with E-state index in [-0.39, 0.29) is 0 Å². The van der Waals surface area contributed by atoms with Crippen LogP contribution in [0.3, 0.4) is 0 Å². The average Bonchev–Trinajstić information content (AvgIpc) is 2.31. The van der Waals surface area contributed by atoms with Gasteiger partial charge in [-0.25, -0.2) is 0 Å². The molecule has 0 saturated heterocycles. The number of rotatable bonds is 0. The lowest BCUT2D eigenvalue weighted by Crippen LogP contribution is -1.84. The fourth-order valence-electron chi connectivity index (χ4n) is 2.04. The van der Waals surface area contributed by atoms with Gasteiger partial charge in [0.05, 0.1) is 4.51 Å². The molecule has 3 rings (SSSR count). The molecule has 1 heterocycles. The molecule has 0 amide bonds. The molecule has 2 heteroatoms. The fraction of sp³-hybridized carbons (Fsp3) is 0.0714. The monoisotopic (exact) mass is 225 g/mol. The van der Waals surface area contributed by atoms with E-state index in [0.29, 0.717) is 0 Å². The molecule has 3 aromatic rings. The van der Waals surface area contributed by atoms with Crippen molar-refractivity contribution in [2.45, 2.75) is 6.92 Å². The van der Waals surface area contributed by atoms with E-state index in [2.05, 4.69) is 42.2 Å². The number of aromatic nitrogens is 1. The van der Waals surface area contributed by atoms with Crippen LogP contribution < -0.4 is 0 Å². The maximum Gasteiger partial charge on any atom is 0.0563 e. The zero-order chi connectivity index (χ0) is 11.1. The number of nitrogens with one attached hydrogen (secondary N) is 1. The SMILES string of the molecule is Cc1ccc2[nH]c3ccccc3c(=S)c2c1. The maximum atomic E-state index is 5.54. The van der Waals surface area contributed by atoms with Crippen LogP contribution in [0.25, 0.3) is 21.8 Å². The van der Waals surface area contributed by atoms with Crippen molar-refractivity contribution >= 4 is 34.0 Å². The van der Waals surface area contributed by atoms with Gasteiger partial charge in [-0.15, -0.1) is 0 Å². The highest BCUT2D eigenvalue weighted by atomic mass is 32.1. The molecule has 78 valence electrons. The second kappa shape index (κ2) is 3.42. The Morgan fingerprint density at radius 2 is 1.69 bits per heavy atom. The first-order chi connectivity index (χ1) is 7.75. The first-order valence-electron chi connectivity index (χ1n) is 5.27. The second-order valence-corrected chi connectivity index (χ2v) is 4.46. The normalized spacial score (nSPS) is 11.1. The van der Waals surface area contributed by atoms with Gasteiger partial charge in [0, 0.05) is 21.8 Å². The molecule has 1 nitrogen and oxygen atoms in total. The molecule has 0 fully saturated rings. The maximum absolute atomic E-state index is 5.54. The number of hydrogen-bond donors (Lipinski definition) is 1. The van der Waals surface area contributed by atoms with E-state index in [1.54, 1.807) is 0 Å². The minimum Gasteiger partial charge on any atom is -0.354 e. The standard InChI is InChI=1S/C14H11NS/c1-9-6-7-13-11(8-9)14(16)10-4-2-3-5-12(10)15-13/h2-8H,1H3,(H,15,16). The smallest absolute Gasteiger partial charge is 0.0563 e. The van der Waals surface area contributed by atoms with Gasteiger partial charge in [-0.3, -0.25) is 0 Å². The van der Waals surface area contributed by atoms with Gasteiger partial charge >= 0.3 is 0 Å². The summed E-state index contributed by atoms with van der Waals surface area (Å²) in [6.07, 6.45) is 0. The topological polar surface area (TPSA) is 15.8 Å². The van der Waals surface area contributed by atoms with Crippen LogP contribution in [-0.2, 0) is 0 Å². The van der Waals surface area contributed by atoms with Gasteiger partial charge in [-0.05, 0) is 25.1 Å². The third kappa shape index (κ3) is 1.34. The van der Waals surface area contributed by atoms with Gasteiger partial charge in [-0.1, -0.05) is 42.0 Å². The lowest BCUT2D eigenvalue weighted by Gasteiger charge is -2.04. The van der Waals surface area contributed by atoms with Crippen LogP contribution in [0.4, 0.5) is 0 Å². The molecule has 0 spiro atoms. The Morgan fingerprint density at radius 1 is 0.938 bits per heavy atom. The van der Waals surface area contributed by atoms with E-state index < -0.39 is 0 Å². The van der Waals surface area contributed by atoms with Crippen LogP contribution in [0.5, 0.6) is 0 Å². The Hall–Kier alpha value is -1.67. The Kier molecular flexibility index (Phi) is 2.04. The number of para-hydroxylation sites is 1. The number of hydrogen-bond acceptors (Lipinski definition) is 1. The molecule has 0 radical (unpaired) electrons. The Balaban J connectivity index is 2.61. The first kappa shape index (κ1) is 9.55. The van der Waals surface area contributed by atoms with Gasteiger partial charge in [-0.2, -0.15) is 0 Å². The summed E-state index contributed by atoms with van der Waals surface area (Å²) < 4.78 is 0.938. The van der Waals surface area contributed by atoms with Crippen LogP contribution in [0, 0.1) is 11.4 Å². The average molecular weight is 225 g/mol. The molecule has 0 aliphatic carbocycles. The highest BCUT2D eigenvalue weighted by Gasteiger charge is 2.01. The van der Waals surface area contributed by atoms with E-state index in [9.17, 15) is 0 Å². The van der Waals surface area contributed by atoms with Crippen molar-refractivity contribution in [3.8, 4) is 0 Å². The molecule has 0 aliphatic heterocycles. The lowest BCUT2D eigenvalue weighted by atomic mass is 10.1. The van der Waals surface area contributed by atoms with Crippen LogP contribution in [-0.4, -0.2) is 4.98 Å². The molecule has 16 heavy (non-hydrogen) atoms. The molecule has 2 aromatic carbocycles. The predicted molar refractivity (Wildman–Crippen MR) is 71.4 cm³/mol. The van der Waals surface area contributed by atoms with Gasteiger partial charge in [0.25, 0.3) is 0 Å². The third-order valence-electron chi connectivity index (χ3n) is 2.86. The highest BCUT2D eigenvalue weighted by Crippen LogP contribution is 2.22. The summed E-state index contributed by atoms with van der Waals surface area (Å²) in [5, 5.41) is 2.25. The van der Waals surface area contributed by atoms with Crippen LogP contribution in [0.1, 0.15) is 5.56 Å². The summed E-state index contributed by atoms with van der Waals surface area (Å²) in [4.78, 5) is 3.41. The number of H-pyrrole nitrogens is 1. The van der Waals surface area contributed by atoms with Crippen molar-refractivity contribution in [1.29, 1.82) is 0 Å². The Bertz CT molecular complexity index is 740. The van der Waals surface area contributed by atoms with Crippen LogP contribution >= 0.6 is 12.2 Å². The van der Waals surface area contributed by atoms with Crippen LogP contribution in [0.2, 0.25) is 0 Å². The largest absolute Gasteiger partial charge is 0.354 e. The van der Waals surface area contributed by atoms with Gasteiger partial charge in [0.2, 0.25) is 0 Å². The van der Waals surface area contributed by atoms with Crippen molar-refractivity contribution in [1.82, 2.24) is 4.98 Å². The van der Waals surface area contributed by atoms with Crippen molar-refractivity contribution in [3.05, 3.63) is 52.5 Å². The predicted octanol–water partition coefficient (Wildman–Crippen LogP) is 4.36.